The van der Waals surface area contributed by atoms with Crippen molar-refractivity contribution in [1.29, 1.82) is 0 Å². The predicted molar refractivity (Wildman–Crippen MR) is 190 cm³/mol. The Morgan fingerprint density at radius 3 is 1.78 bits per heavy atom. The highest BCUT2D eigenvalue weighted by Crippen LogP contribution is 2.43. The average molecular weight is 607 g/mol. The van der Waals surface area contributed by atoms with Crippen molar-refractivity contribution in [2.75, 3.05) is 14.2 Å². The molecule has 5 heteroatoms. The molecule has 0 aliphatic rings. The van der Waals surface area contributed by atoms with Gasteiger partial charge in [-0.25, -0.2) is 4.79 Å². The minimum atomic E-state index is -0.472. The van der Waals surface area contributed by atoms with Crippen molar-refractivity contribution in [2.45, 2.75) is 34.6 Å². The summed E-state index contributed by atoms with van der Waals surface area (Å²) >= 11 is 0. The molecule has 236 valence electrons. The van der Waals surface area contributed by atoms with Crippen molar-refractivity contribution < 1.29 is 24.5 Å². The third-order valence-electron chi connectivity index (χ3n) is 6.00. The predicted octanol–water partition coefficient (Wildman–Crippen LogP) is 10.4. The van der Waals surface area contributed by atoms with Crippen LogP contribution >= 0.6 is 0 Å². The summed E-state index contributed by atoms with van der Waals surface area (Å²) in [6.45, 7) is 14.0. The molecule has 0 spiro atoms. The zero-order chi connectivity index (χ0) is 33.6. The average Bonchev–Trinajstić information content (AvgIpc) is 3.11. The molecule has 5 aromatic carbocycles. The van der Waals surface area contributed by atoms with Gasteiger partial charge in [0.15, 0.2) is 11.5 Å². The Morgan fingerprint density at radius 1 is 0.733 bits per heavy atom. The molecule has 0 aliphatic heterocycles. The van der Waals surface area contributed by atoms with Crippen LogP contribution < -0.4 is 9.47 Å². The summed E-state index contributed by atoms with van der Waals surface area (Å²) in [6.07, 6.45) is 1.69. The van der Waals surface area contributed by atoms with E-state index in [9.17, 15) is 9.90 Å². The number of benzene rings is 5. The van der Waals surface area contributed by atoms with Crippen LogP contribution in [0, 0.1) is 0 Å². The van der Waals surface area contributed by atoms with E-state index in [2.05, 4.69) is 6.58 Å². The monoisotopic (exact) mass is 606 g/mol. The van der Waals surface area contributed by atoms with Crippen molar-refractivity contribution >= 4 is 28.4 Å². The molecule has 0 saturated carbocycles. The first-order valence-corrected chi connectivity index (χ1v) is 15.0. The highest BCUT2D eigenvalue weighted by Gasteiger charge is 2.22. The molecule has 2 N–H and O–H groups in total. The number of aliphatic hydroxyl groups is 2. The summed E-state index contributed by atoms with van der Waals surface area (Å²) in [5, 5.41) is 18.7. The number of ether oxygens (including phenoxy) is 2. The van der Waals surface area contributed by atoms with Gasteiger partial charge < -0.3 is 19.7 Å². The number of hydrogen-bond donors (Lipinski definition) is 2. The molecule has 0 radical (unpaired) electrons. The number of methoxy groups -OCH3 is 1. The summed E-state index contributed by atoms with van der Waals surface area (Å²) < 4.78 is 11.6. The van der Waals surface area contributed by atoms with Crippen molar-refractivity contribution in [1.82, 2.24) is 0 Å². The van der Waals surface area contributed by atoms with Crippen LogP contribution in [0.2, 0.25) is 0 Å². The largest absolute Gasteiger partial charge is 0.513 e. The summed E-state index contributed by atoms with van der Waals surface area (Å²) in [6, 6.07) is 38.1. The minimum Gasteiger partial charge on any atom is -0.513 e. The lowest BCUT2D eigenvalue weighted by atomic mass is 9.90. The molecule has 0 heterocycles. The maximum Gasteiger partial charge on any atom is 0.343 e. The maximum atomic E-state index is 12.8. The van der Waals surface area contributed by atoms with E-state index in [-0.39, 0.29) is 5.76 Å². The number of fused-ring (bicyclic) bond motifs is 1. The quantitative estimate of drug-likeness (QED) is 0.114. The van der Waals surface area contributed by atoms with Crippen LogP contribution in [0.15, 0.2) is 134 Å². The number of hydrogen-bond acceptors (Lipinski definition) is 5. The lowest BCUT2D eigenvalue weighted by molar-refractivity contribution is 0.0730. The molecule has 0 bridgehead atoms. The van der Waals surface area contributed by atoms with E-state index in [0.717, 1.165) is 34.6 Å². The number of carbonyl (C=O) groups excluding carboxylic acids is 1. The zero-order valence-electron chi connectivity index (χ0n) is 27.5. The molecule has 5 aromatic rings. The van der Waals surface area contributed by atoms with Crippen LogP contribution in [-0.2, 0) is 0 Å². The van der Waals surface area contributed by atoms with Crippen molar-refractivity contribution in [3.05, 3.63) is 156 Å². The van der Waals surface area contributed by atoms with Crippen LogP contribution in [0.5, 0.6) is 11.5 Å². The molecule has 0 amide bonds. The molecule has 0 fully saturated rings. The normalized spacial score (nSPS) is 9.73. The zero-order valence-corrected chi connectivity index (χ0v) is 27.5. The second-order valence-electron chi connectivity index (χ2n) is 8.77. The van der Waals surface area contributed by atoms with E-state index in [0.29, 0.717) is 22.6 Å². The second-order valence-corrected chi connectivity index (χ2v) is 8.77. The first-order valence-electron chi connectivity index (χ1n) is 15.0. The first kappa shape index (κ1) is 37.9. The van der Waals surface area contributed by atoms with Gasteiger partial charge in [-0.3, -0.25) is 0 Å². The van der Waals surface area contributed by atoms with Gasteiger partial charge in [0.25, 0.3) is 0 Å². The lowest BCUT2D eigenvalue weighted by Crippen LogP contribution is -2.10. The molecule has 0 aliphatic carbocycles. The van der Waals surface area contributed by atoms with E-state index < -0.39 is 5.97 Å². The summed E-state index contributed by atoms with van der Waals surface area (Å²) in [5.74, 6) is 0.452. The lowest BCUT2D eigenvalue weighted by Gasteiger charge is -2.19. The van der Waals surface area contributed by atoms with Gasteiger partial charge in [-0.05, 0) is 58.7 Å². The van der Waals surface area contributed by atoms with E-state index in [1.807, 2.05) is 119 Å². The van der Waals surface area contributed by atoms with E-state index in [1.165, 1.54) is 0 Å². The van der Waals surface area contributed by atoms with Crippen LogP contribution in [0.25, 0.3) is 22.4 Å². The van der Waals surface area contributed by atoms with Crippen LogP contribution in [0.1, 0.15) is 61.7 Å². The van der Waals surface area contributed by atoms with Gasteiger partial charge in [0.05, 0.1) is 18.4 Å². The van der Waals surface area contributed by atoms with Gasteiger partial charge in [0, 0.05) is 12.7 Å². The Balaban J connectivity index is 0.000000725. The minimum absolute atomic E-state index is 0.192. The van der Waals surface area contributed by atoms with Crippen molar-refractivity contribution in [3.8, 4) is 11.5 Å². The van der Waals surface area contributed by atoms with Gasteiger partial charge in [-0.2, -0.15) is 0 Å². The number of aliphatic hydroxyl groups excluding tert-OH is 2. The van der Waals surface area contributed by atoms with Crippen LogP contribution in [-0.4, -0.2) is 30.4 Å². The number of carbonyl (C=O) groups is 1. The summed E-state index contributed by atoms with van der Waals surface area (Å²) in [4.78, 5) is 12.8. The number of allylic oxidation sites excluding steroid dienone is 1. The molecular formula is C40H46O5. The standard InChI is InChI=1S/C29H24O4.C6H6.2C2H6.CH4O/c1-19(30)17-22-13-7-9-15-24(22)20(2)27-25-16-10-8-14-23(25)18-26(28(27)32-3)33-29(31)21-11-5-4-6-12-21;1-2-4-6-5-3-1;3*1-2/h4-18,30H,2H2,1,3H3;1-6H;2*1-2H3;2H,1H3/b19-17+;;;;. The Hall–Kier alpha value is -5.13. The molecule has 45 heavy (non-hydrogen) atoms. The van der Waals surface area contributed by atoms with Crippen molar-refractivity contribution in [3.63, 3.8) is 0 Å². The summed E-state index contributed by atoms with van der Waals surface area (Å²) in [7, 11) is 2.55. The molecule has 0 unspecified atom stereocenters. The van der Waals surface area contributed by atoms with Gasteiger partial charge in [0.2, 0.25) is 0 Å². The Bertz CT molecular complexity index is 1580. The SMILES string of the molecule is C=C(c1ccccc1/C=C(\C)O)c1c(OC)c(OC(=O)c2ccccc2)cc2ccccc12.CC.CC.CO.c1ccccc1. The molecular weight excluding hydrogens is 560 g/mol. The highest BCUT2D eigenvalue weighted by atomic mass is 16.6. The van der Waals surface area contributed by atoms with E-state index >= 15 is 0 Å². The molecule has 0 saturated heterocycles. The fraction of sp³-hybridized carbons (Fsp3) is 0.175. The third kappa shape index (κ3) is 11.1. The first-order chi connectivity index (χ1) is 22.0. The van der Waals surface area contributed by atoms with E-state index in [1.54, 1.807) is 50.4 Å². The smallest absolute Gasteiger partial charge is 0.343 e. The van der Waals surface area contributed by atoms with Crippen LogP contribution in [0.4, 0.5) is 0 Å². The van der Waals surface area contributed by atoms with Gasteiger partial charge in [0.1, 0.15) is 0 Å². The summed E-state index contributed by atoms with van der Waals surface area (Å²) in [5.41, 5.74) is 3.51. The molecule has 5 nitrogen and oxygen atoms in total. The Morgan fingerprint density at radius 2 is 1.22 bits per heavy atom. The molecule has 0 atom stereocenters. The Labute approximate surface area is 268 Å². The van der Waals surface area contributed by atoms with Gasteiger partial charge in [-0.15, -0.1) is 0 Å². The highest BCUT2D eigenvalue weighted by molar-refractivity contribution is 6.03. The maximum absolute atomic E-state index is 12.8. The fourth-order valence-electron chi connectivity index (χ4n) is 4.26. The van der Waals surface area contributed by atoms with Gasteiger partial charge in [-0.1, -0.05) is 137 Å². The van der Waals surface area contributed by atoms with Crippen molar-refractivity contribution in [2.24, 2.45) is 0 Å². The van der Waals surface area contributed by atoms with Crippen LogP contribution in [0.3, 0.4) is 0 Å². The number of esters is 1. The van der Waals surface area contributed by atoms with E-state index in [4.69, 9.17) is 14.6 Å². The molecule has 0 aromatic heterocycles. The fourth-order valence-corrected chi connectivity index (χ4v) is 4.26. The Kier molecular flexibility index (Phi) is 18.1. The topological polar surface area (TPSA) is 76.0 Å². The third-order valence-corrected chi connectivity index (χ3v) is 6.00. The molecule has 5 rings (SSSR count). The van der Waals surface area contributed by atoms with Gasteiger partial charge >= 0.3 is 5.97 Å². The number of rotatable bonds is 6. The second kappa shape index (κ2) is 21.5.